The van der Waals surface area contributed by atoms with Gasteiger partial charge >= 0.3 is 0 Å². The number of nitrogens with one attached hydrogen (secondary N) is 1. The van der Waals surface area contributed by atoms with Gasteiger partial charge in [0.15, 0.2) is 0 Å². The minimum absolute atomic E-state index is 0.510. The van der Waals surface area contributed by atoms with E-state index in [0.717, 1.165) is 31.4 Å². The second kappa shape index (κ2) is 4.56. The minimum atomic E-state index is -0.524. The molecule has 16 heavy (non-hydrogen) atoms. The summed E-state index contributed by atoms with van der Waals surface area (Å²) in [6, 6.07) is 8.87. The van der Waals surface area contributed by atoms with Crippen molar-refractivity contribution in [3.8, 4) is 0 Å². The number of hydrogen-bond acceptors (Lipinski definition) is 2. The molecular formula is C14H21NO. The van der Waals surface area contributed by atoms with Crippen molar-refractivity contribution >= 4 is 0 Å². The lowest BCUT2D eigenvalue weighted by Crippen LogP contribution is -2.33. The van der Waals surface area contributed by atoms with Crippen LogP contribution < -0.4 is 5.32 Å². The molecule has 0 radical (unpaired) electrons. The molecule has 0 unspecified atom stereocenters. The van der Waals surface area contributed by atoms with Gasteiger partial charge in [-0.05, 0) is 30.4 Å². The van der Waals surface area contributed by atoms with Crippen molar-refractivity contribution in [3.63, 3.8) is 0 Å². The van der Waals surface area contributed by atoms with Crippen LogP contribution in [0.3, 0.4) is 0 Å². The molecule has 1 aliphatic rings. The van der Waals surface area contributed by atoms with Gasteiger partial charge in [0.1, 0.15) is 0 Å². The minimum Gasteiger partial charge on any atom is -0.385 e. The summed E-state index contributed by atoms with van der Waals surface area (Å²) in [4.78, 5) is 0. The second-order valence-electron chi connectivity index (χ2n) is 5.12. The molecule has 0 aliphatic heterocycles. The zero-order valence-electron chi connectivity index (χ0n) is 10.2. The predicted octanol–water partition coefficient (Wildman–Crippen LogP) is 2.56. The monoisotopic (exact) mass is 219 g/mol. The fourth-order valence-electron chi connectivity index (χ4n) is 2.06. The standard InChI is InChI=1S/C14H21NO/c1-11(2)15-10-12-4-6-13(7-5-12)14(16)8-3-9-14/h4-7,11,15-16H,3,8-10H2,1-2H3. The van der Waals surface area contributed by atoms with E-state index < -0.39 is 5.60 Å². The topological polar surface area (TPSA) is 32.3 Å². The third kappa shape index (κ3) is 2.45. The molecule has 0 atom stereocenters. The van der Waals surface area contributed by atoms with E-state index in [0.29, 0.717) is 6.04 Å². The van der Waals surface area contributed by atoms with E-state index >= 15 is 0 Å². The van der Waals surface area contributed by atoms with Crippen LogP contribution in [0.1, 0.15) is 44.2 Å². The lowest BCUT2D eigenvalue weighted by molar-refractivity contribution is -0.0388. The van der Waals surface area contributed by atoms with E-state index in [1.807, 2.05) is 0 Å². The van der Waals surface area contributed by atoms with Gasteiger partial charge in [0.05, 0.1) is 5.60 Å². The fraction of sp³-hybridized carbons (Fsp3) is 0.571. The Morgan fingerprint density at radius 3 is 2.31 bits per heavy atom. The van der Waals surface area contributed by atoms with Gasteiger partial charge in [-0.3, -0.25) is 0 Å². The normalized spacial score (nSPS) is 18.5. The highest BCUT2D eigenvalue weighted by Crippen LogP contribution is 2.40. The molecule has 2 N–H and O–H groups in total. The summed E-state index contributed by atoms with van der Waals surface area (Å²) in [7, 11) is 0. The first-order chi connectivity index (χ1) is 7.60. The Balaban J connectivity index is 1.99. The zero-order valence-corrected chi connectivity index (χ0v) is 10.2. The van der Waals surface area contributed by atoms with Crippen molar-refractivity contribution in [3.05, 3.63) is 35.4 Å². The van der Waals surface area contributed by atoms with Gasteiger partial charge in [-0.25, -0.2) is 0 Å². The van der Waals surface area contributed by atoms with E-state index in [1.54, 1.807) is 0 Å². The van der Waals surface area contributed by atoms with Crippen LogP contribution >= 0.6 is 0 Å². The highest BCUT2D eigenvalue weighted by Gasteiger charge is 2.35. The van der Waals surface area contributed by atoms with Gasteiger partial charge in [0.2, 0.25) is 0 Å². The van der Waals surface area contributed by atoms with Crippen LogP contribution in [0.4, 0.5) is 0 Å². The van der Waals surface area contributed by atoms with Crippen molar-refractivity contribution in [2.75, 3.05) is 0 Å². The smallest absolute Gasteiger partial charge is 0.0896 e. The predicted molar refractivity (Wildman–Crippen MR) is 66.2 cm³/mol. The molecule has 88 valence electrons. The Morgan fingerprint density at radius 1 is 1.25 bits per heavy atom. The maximum atomic E-state index is 10.2. The lowest BCUT2D eigenvalue weighted by atomic mass is 9.75. The van der Waals surface area contributed by atoms with Crippen LogP contribution in [0, 0.1) is 0 Å². The summed E-state index contributed by atoms with van der Waals surface area (Å²) in [6.45, 7) is 5.19. The van der Waals surface area contributed by atoms with Crippen molar-refractivity contribution in [2.45, 2.75) is 51.3 Å². The Bertz CT molecular complexity index is 338. The first-order valence-corrected chi connectivity index (χ1v) is 6.15. The molecule has 1 aromatic rings. The summed E-state index contributed by atoms with van der Waals surface area (Å²) >= 11 is 0. The average molecular weight is 219 g/mol. The zero-order chi connectivity index (χ0) is 11.6. The van der Waals surface area contributed by atoms with E-state index in [2.05, 4.69) is 43.4 Å². The number of aliphatic hydroxyl groups is 1. The van der Waals surface area contributed by atoms with E-state index in [9.17, 15) is 5.11 Å². The van der Waals surface area contributed by atoms with Crippen molar-refractivity contribution in [1.29, 1.82) is 0 Å². The van der Waals surface area contributed by atoms with Crippen LogP contribution in [-0.2, 0) is 12.1 Å². The SMILES string of the molecule is CC(C)NCc1ccc(C2(O)CCC2)cc1. The molecule has 2 rings (SSSR count). The van der Waals surface area contributed by atoms with Gasteiger partial charge in [-0.2, -0.15) is 0 Å². The highest BCUT2D eigenvalue weighted by molar-refractivity contribution is 5.28. The summed E-state index contributed by atoms with van der Waals surface area (Å²) in [5.74, 6) is 0. The van der Waals surface area contributed by atoms with Gasteiger partial charge in [-0.15, -0.1) is 0 Å². The quantitative estimate of drug-likeness (QED) is 0.815. The van der Waals surface area contributed by atoms with E-state index in [1.165, 1.54) is 5.56 Å². The van der Waals surface area contributed by atoms with Crippen molar-refractivity contribution in [2.24, 2.45) is 0 Å². The molecule has 0 bridgehead atoms. The molecule has 1 aliphatic carbocycles. The first-order valence-electron chi connectivity index (χ1n) is 6.15. The summed E-state index contributed by atoms with van der Waals surface area (Å²) < 4.78 is 0. The van der Waals surface area contributed by atoms with Crippen LogP contribution in [0.25, 0.3) is 0 Å². The second-order valence-corrected chi connectivity index (χ2v) is 5.12. The molecule has 0 saturated heterocycles. The highest BCUT2D eigenvalue weighted by atomic mass is 16.3. The fourth-order valence-corrected chi connectivity index (χ4v) is 2.06. The maximum absolute atomic E-state index is 10.2. The van der Waals surface area contributed by atoms with Gasteiger partial charge in [-0.1, -0.05) is 38.1 Å². The summed E-state index contributed by atoms with van der Waals surface area (Å²) in [5, 5.41) is 13.6. The molecule has 1 fully saturated rings. The van der Waals surface area contributed by atoms with Crippen LogP contribution in [0.5, 0.6) is 0 Å². The Labute approximate surface area is 97.7 Å². The Hall–Kier alpha value is -0.860. The number of benzene rings is 1. The molecular weight excluding hydrogens is 198 g/mol. The molecule has 0 spiro atoms. The third-order valence-electron chi connectivity index (χ3n) is 3.39. The van der Waals surface area contributed by atoms with Crippen LogP contribution in [0.15, 0.2) is 24.3 Å². The van der Waals surface area contributed by atoms with E-state index in [-0.39, 0.29) is 0 Å². The number of hydrogen-bond donors (Lipinski definition) is 2. The van der Waals surface area contributed by atoms with E-state index in [4.69, 9.17) is 0 Å². The van der Waals surface area contributed by atoms with Crippen molar-refractivity contribution in [1.82, 2.24) is 5.32 Å². The molecule has 2 heteroatoms. The summed E-state index contributed by atoms with van der Waals surface area (Å²) in [6.07, 6.45) is 2.97. The van der Waals surface area contributed by atoms with Crippen molar-refractivity contribution < 1.29 is 5.11 Å². The lowest BCUT2D eigenvalue weighted by Gasteiger charge is -2.37. The third-order valence-corrected chi connectivity index (χ3v) is 3.39. The molecule has 0 heterocycles. The van der Waals surface area contributed by atoms with Gasteiger partial charge < -0.3 is 10.4 Å². The molecule has 2 nitrogen and oxygen atoms in total. The average Bonchev–Trinajstić information content (AvgIpc) is 2.24. The largest absolute Gasteiger partial charge is 0.385 e. The van der Waals surface area contributed by atoms with Crippen LogP contribution in [-0.4, -0.2) is 11.1 Å². The molecule has 0 aromatic heterocycles. The summed E-state index contributed by atoms with van der Waals surface area (Å²) in [5.41, 5.74) is 1.83. The molecule has 0 amide bonds. The van der Waals surface area contributed by atoms with Gasteiger partial charge in [0, 0.05) is 12.6 Å². The maximum Gasteiger partial charge on any atom is 0.0896 e. The Morgan fingerprint density at radius 2 is 1.88 bits per heavy atom. The Kier molecular flexibility index (Phi) is 3.31. The first kappa shape index (κ1) is 11.6. The van der Waals surface area contributed by atoms with Gasteiger partial charge in [0.25, 0.3) is 0 Å². The molecule has 1 saturated carbocycles. The number of rotatable bonds is 4. The van der Waals surface area contributed by atoms with Crippen LogP contribution in [0.2, 0.25) is 0 Å². The molecule has 1 aromatic carbocycles.